The van der Waals surface area contributed by atoms with Crippen LogP contribution in [0.25, 0.3) is 0 Å². The number of aliphatic hydroxyl groups is 1. The third-order valence-corrected chi connectivity index (χ3v) is 3.21. The fraction of sp³-hybridized carbons (Fsp3) is 0.400. The highest BCUT2D eigenvalue weighted by atomic mass is 32.2. The fourth-order valence-electron chi connectivity index (χ4n) is 0.941. The third-order valence-electron chi connectivity index (χ3n) is 1.92. The van der Waals surface area contributed by atoms with Gasteiger partial charge in [0.25, 0.3) is 10.1 Å². The van der Waals surface area contributed by atoms with E-state index in [1.54, 1.807) is 25.1 Å². The molecule has 1 N–H and O–H groups in total. The molecule has 0 aliphatic carbocycles. The molecule has 1 rings (SSSR count). The molecule has 4 nitrogen and oxygen atoms in total. The Labute approximate surface area is 89.6 Å². The van der Waals surface area contributed by atoms with Gasteiger partial charge in [0.05, 0.1) is 17.6 Å². The molecule has 15 heavy (non-hydrogen) atoms. The Kier molecular flexibility index (Phi) is 4.26. The predicted octanol–water partition coefficient (Wildman–Crippen LogP) is 1.16. The summed E-state index contributed by atoms with van der Waals surface area (Å²) >= 11 is 0. The Morgan fingerprint density at radius 1 is 1.33 bits per heavy atom. The SMILES string of the molecule is CC[C@H](O)COS(=O)(=O)c1ccccc1. The zero-order chi connectivity index (χ0) is 11.3. The zero-order valence-corrected chi connectivity index (χ0v) is 9.28. The molecule has 0 aliphatic heterocycles. The highest BCUT2D eigenvalue weighted by Crippen LogP contribution is 2.11. The molecule has 0 bridgehead atoms. The molecule has 5 heteroatoms. The molecule has 0 saturated carbocycles. The van der Waals surface area contributed by atoms with Gasteiger partial charge in [-0.25, -0.2) is 0 Å². The molecule has 1 aromatic rings. The van der Waals surface area contributed by atoms with Crippen LogP contribution in [0.15, 0.2) is 35.2 Å². The molecule has 84 valence electrons. The average molecular weight is 230 g/mol. The lowest BCUT2D eigenvalue weighted by molar-refractivity contribution is 0.107. The molecular weight excluding hydrogens is 216 g/mol. The Hall–Kier alpha value is -0.910. The molecule has 0 radical (unpaired) electrons. The lowest BCUT2D eigenvalue weighted by Crippen LogP contribution is -2.17. The fourth-order valence-corrected chi connectivity index (χ4v) is 1.90. The monoisotopic (exact) mass is 230 g/mol. The van der Waals surface area contributed by atoms with Crippen molar-refractivity contribution in [3.05, 3.63) is 30.3 Å². The first-order valence-electron chi connectivity index (χ1n) is 4.69. The van der Waals surface area contributed by atoms with Crippen molar-refractivity contribution < 1.29 is 17.7 Å². The third kappa shape index (κ3) is 3.62. The molecule has 0 aliphatic rings. The van der Waals surface area contributed by atoms with Gasteiger partial charge in [-0.2, -0.15) is 8.42 Å². The van der Waals surface area contributed by atoms with Crippen molar-refractivity contribution in [1.29, 1.82) is 0 Å². The van der Waals surface area contributed by atoms with Crippen molar-refractivity contribution in [2.24, 2.45) is 0 Å². The molecule has 0 fully saturated rings. The Morgan fingerprint density at radius 3 is 2.47 bits per heavy atom. The maximum absolute atomic E-state index is 11.5. The van der Waals surface area contributed by atoms with Crippen LogP contribution in [0, 0.1) is 0 Å². The smallest absolute Gasteiger partial charge is 0.297 e. The van der Waals surface area contributed by atoms with E-state index in [2.05, 4.69) is 0 Å². The summed E-state index contributed by atoms with van der Waals surface area (Å²) in [5.74, 6) is 0. The van der Waals surface area contributed by atoms with Crippen molar-refractivity contribution in [2.45, 2.75) is 24.3 Å². The van der Waals surface area contributed by atoms with Crippen LogP contribution in [0.1, 0.15) is 13.3 Å². The van der Waals surface area contributed by atoms with Crippen molar-refractivity contribution >= 4 is 10.1 Å². The maximum atomic E-state index is 11.5. The van der Waals surface area contributed by atoms with Gasteiger partial charge in [0.15, 0.2) is 0 Å². The second-order valence-corrected chi connectivity index (χ2v) is 4.73. The summed E-state index contributed by atoms with van der Waals surface area (Å²) in [6.07, 6.45) is -0.284. The van der Waals surface area contributed by atoms with E-state index < -0.39 is 16.2 Å². The van der Waals surface area contributed by atoms with Crippen molar-refractivity contribution in [2.75, 3.05) is 6.61 Å². The van der Waals surface area contributed by atoms with E-state index in [4.69, 9.17) is 4.18 Å². The maximum Gasteiger partial charge on any atom is 0.297 e. The normalized spacial score (nSPS) is 13.7. The van der Waals surface area contributed by atoms with Gasteiger partial charge in [-0.1, -0.05) is 25.1 Å². The first kappa shape index (κ1) is 12.2. The number of hydrogen-bond acceptors (Lipinski definition) is 4. The average Bonchev–Trinajstić information content (AvgIpc) is 2.27. The summed E-state index contributed by atoms with van der Waals surface area (Å²) in [5.41, 5.74) is 0. The molecular formula is C10H14O4S. The van der Waals surface area contributed by atoms with E-state index in [0.717, 1.165) is 0 Å². The van der Waals surface area contributed by atoms with Gasteiger partial charge < -0.3 is 5.11 Å². The van der Waals surface area contributed by atoms with Crippen LogP contribution < -0.4 is 0 Å². The van der Waals surface area contributed by atoms with Crippen LogP contribution >= 0.6 is 0 Å². The van der Waals surface area contributed by atoms with Crippen LogP contribution in [0.2, 0.25) is 0 Å². The second kappa shape index (κ2) is 5.25. The molecule has 0 aromatic heterocycles. The van der Waals surface area contributed by atoms with Crippen LogP contribution in [0.4, 0.5) is 0 Å². The highest BCUT2D eigenvalue weighted by Gasteiger charge is 2.15. The molecule has 0 spiro atoms. The van der Waals surface area contributed by atoms with E-state index in [1.807, 2.05) is 0 Å². The summed E-state index contributed by atoms with van der Waals surface area (Å²) in [6.45, 7) is 1.55. The number of benzene rings is 1. The lowest BCUT2D eigenvalue weighted by atomic mass is 10.3. The van der Waals surface area contributed by atoms with Gasteiger partial charge in [-0.05, 0) is 18.6 Å². The van der Waals surface area contributed by atoms with Gasteiger partial charge in [-0.15, -0.1) is 0 Å². The van der Waals surface area contributed by atoms with Crippen molar-refractivity contribution in [3.63, 3.8) is 0 Å². The minimum absolute atomic E-state index is 0.105. The largest absolute Gasteiger partial charge is 0.391 e. The van der Waals surface area contributed by atoms with Gasteiger partial charge in [0.1, 0.15) is 0 Å². The molecule has 0 unspecified atom stereocenters. The molecule has 0 amide bonds. The van der Waals surface area contributed by atoms with E-state index >= 15 is 0 Å². The Bertz CT molecular complexity index is 385. The number of hydrogen-bond donors (Lipinski definition) is 1. The zero-order valence-electron chi connectivity index (χ0n) is 8.46. The second-order valence-electron chi connectivity index (χ2n) is 3.11. The topological polar surface area (TPSA) is 63.6 Å². The van der Waals surface area contributed by atoms with Crippen molar-refractivity contribution in [3.8, 4) is 0 Å². The highest BCUT2D eigenvalue weighted by molar-refractivity contribution is 7.86. The molecule has 1 aromatic carbocycles. The Morgan fingerprint density at radius 2 is 1.93 bits per heavy atom. The first-order chi connectivity index (χ1) is 7.06. The van der Waals surface area contributed by atoms with Crippen LogP contribution in [-0.2, 0) is 14.3 Å². The van der Waals surface area contributed by atoms with Gasteiger partial charge in [0, 0.05) is 0 Å². The van der Waals surface area contributed by atoms with E-state index in [0.29, 0.717) is 6.42 Å². The quantitative estimate of drug-likeness (QED) is 0.771. The lowest BCUT2D eigenvalue weighted by Gasteiger charge is -2.08. The standard InChI is InChI=1S/C10H14O4S/c1-2-9(11)8-14-15(12,13)10-6-4-3-5-7-10/h3-7,9,11H,2,8H2,1H3/t9-/m0/s1. The summed E-state index contributed by atoms with van der Waals surface area (Å²) < 4.78 is 27.7. The number of aliphatic hydroxyl groups excluding tert-OH is 1. The summed E-state index contributed by atoms with van der Waals surface area (Å²) in [5, 5.41) is 9.18. The minimum atomic E-state index is -3.73. The van der Waals surface area contributed by atoms with Crippen LogP contribution in [-0.4, -0.2) is 26.2 Å². The van der Waals surface area contributed by atoms with Crippen LogP contribution in [0.3, 0.4) is 0 Å². The molecule has 0 heterocycles. The van der Waals surface area contributed by atoms with E-state index in [-0.39, 0.29) is 11.5 Å². The van der Waals surface area contributed by atoms with Gasteiger partial charge in [0.2, 0.25) is 0 Å². The van der Waals surface area contributed by atoms with Gasteiger partial charge >= 0.3 is 0 Å². The summed E-state index contributed by atoms with van der Waals surface area (Å²) in [6, 6.07) is 7.86. The predicted molar refractivity (Wildman–Crippen MR) is 55.9 cm³/mol. The van der Waals surface area contributed by atoms with E-state index in [1.165, 1.54) is 12.1 Å². The molecule has 1 atom stereocenters. The molecule has 0 saturated heterocycles. The Balaban J connectivity index is 2.69. The van der Waals surface area contributed by atoms with Crippen LogP contribution in [0.5, 0.6) is 0 Å². The van der Waals surface area contributed by atoms with Crippen molar-refractivity contribution in [1.82, 2.24) is 0 Å². The summed E-state index contributed by atoms with van der Waals surface area (Å²) in [4.78, 5) is 0.105. The number of rotatable bonds is 5. The van der Waals surface area contributed by atoms with E-state index in [9.17, 15) is 13.5 Å². The minimum Gasteiger partial charge on any atom is -0.391 e. The van der Waals surface area contributed by atoms with Gasteiger partial charge in [-0.3, -0.25) is 4.18 Å². The summed E-state index contributed by atoms with van der Waals surface area (Å²) in [7, 11) is -3.73. The first-order valence-corrected chi connectivity index (χ1v) is 6.09.